The molecule has 5 heteroatoms. The number of nitrogens with one attached hydrogen (secondary N) is 1. The number of anilines is 1. The molecule has 4 nitrogen and oxygen atoms in total. The molecular formula is C18H24IN3O. The summed E-state index contributed by atoms with van der Waals surface area (Å²) < 4.78 is 5.63. The van der Waals surface area contributed by atoms with Crippen LogP contribution in [-0.2, 0) is 6.42 Å². The number of nitrogens with two attached hydrogens (primary N) is 1. The minimum Gasteiger partial charge on any atom is -0.492 e. The Hall–Kier alpha value is -1.76. The van der Waals surface area contributed by atoms with Crippen LogP contribution < -0.4 is 15.8 Å². The lowest BCUT2D eigenvalue weighted by atomic mass is 10.1. The molecule has 0 amide bonds. The second-order valence-electron chi connectivity index (χ2n) is 5.11. The predicted molar refractivity (Wildman–Crippen MR) is 108 cm³/mol. The second-order valence-corrected chi connectivity index (χ2v) is 5.11. The van der Waals surface area contributed by atoms with E-state index in [1.54, 1.807) is 0 Å². The summed E-state index contributed by atoms with van der Waals surface area (Å²) >= 11 is 0. The zero-order valence-corrected chi connectivity index (χ0v) is 15.9. The third-order valence-electron chi connectivity index (χ3n) is 3.24. The van der Waals surface area contributed by atoms with E-state index >= 15 is 0 Å². The van der Waals surface area contributed by atoms with Crippen LogP contribution in [0.25, 0.3) is 0 Å². The molecule has 2 rings (SSSR count). The van der Waals surface area contributed by atoms with Gasteiger partial charge in [-0.25, -0.2) is 4.99 Å². The van der Waals surface area contributed by atoms with Crippen molar-refractivity contribution in [3.05, 3.63) is 59.7 Å². The Morgan fingerprint density at radius 1 is 1.17 bits per heavy atom. The third kappa shape index (κ3) is 6.90. The highest BCUT2D eigenvalue weighted by molar-refractivity contribution is 14.0. The average molecular weight is 425 g/mol. The molecule has 124 valence electrons. The van der Waals surface area contributed by atoms with Gasteiger partial charge in [0.1, 0.15) is 12.4 Å². The minimum absolute atomic E-state index is 0. The van der Waals surface area contributed by atoms with Gasteiger partial charge in [0.2, 0.25) is 0 Å². The van der Waals surface area contributed by atoms with Crippen molar-refractivity contribution in [1.82, 2.24) is 0 Å². The van der Waals surface area contributed by atoms with Crippen molar-refractivity contribution in [2.75, 3.05) is 18.5 Å². The molecule has 0 spiro atoms. The van der Waals surface area contributed by atoms with Crippen LogP contribution in [0, 0.1) is 6.92 Å². The molecule has 0 unspecified atom stereocenters. The minimum atomic E-state index is 0. The maximum Gasteiger partial charge on any atom is 0.193 e. The third-order valence-corrected chi connectivity index (χ3v) is 3.24. The Labute approximate surface area is 155 Å². The van der Waals surface area contributed by atoms with E-state index in [9.17, 15) is 0 Å². The number of halogens is 1. The molecule has 0 saturated heterocycles. The lowest BCUT2D eigenvalue weighted by molar-refractivity contribution is 0.328. The number of nitrogens with zero attached hydrogens (tertiary/aromatic N) is 1. The molecule has 0 aromatic heterocycles. The number of rotatable bonds is 6. The first-order valence-electron chi connectivity index (χ1n) is 7.52. The molecule has 0 saturated carbocycles. The summed E-state index contributed by atoms with van der Waals surface area (Å²) in [5, 5.41) is 3.10. The molecule has 0 radical (unpaired) electrons. The molecule has 0 heterocycles. The van der Waals surface area contributed by atoms with Crippen molar-refractivity contribution >= 4 is 35.6 Å². The van der Waals surface area contributed by atoms with Gasteiger partial charge in [0, 0.05) is 5.69 Å². The maximum absolute atomic E-state index is 5.88. The van der Waals surface area contributed by atoms with Crippen molar-refractivity contribution < 1.29 is 4.74 Å². The van der Waals surface area contributed by atoms with Crippen molar-refractivity contribution in [2.24, 2.45) is 10.7 Å². The molecule has 0 atom stereocenters. The Kier molecular flexibility index (Phi) is 8.47. The highest BCUT2D eigenvalue weighted by atomic mass is 127. The van der Waals surface area contributed by atoms with E-state index in [4.69, 9.17) is 10.5 Å². The average Bonchev–Trinajstić information content (AvgIpc) is 2.52. The summed E-state index contributed by atoms with van der Waals surface area (Å²) in [7, 11) is 0. The van der Waals surface area contributed by atoms with Crippen molar-refractivity contribution in [1.29, 1.82) is 0 Å². The smallest absolute Gasteiger partial charge is 0.193 e. The van der Waals surface area contributed by atoms with Crippen LogP contribution >= 0.6 is 24.0 Å². The number of benzene rings is 2. The molecule has 0 aliphatic carbocycles. The van der Waals surface area contributed by atoms with Crippen LogP contribution in [-0.4, -0.2) is 19.1 Å². The van der Waals surface area contributed by atoms with Crippen LogP contribution in [0.15, 0.2) is 53.5 Å². The fourth-order valence-electron chi connectivity index (χ4n) is 2.09. The number of aliphatic imine (C=N–C) groups is 1. The van der Waals surface area contributed by atoms with E-state index in [1.807, 2.05) is 43.3 Å². The zero-order chi connectivity index (χ0) is 15.8. The topological polar surface area (TPSA) is 59.6 Å². The lowest BCUT2D eigenvalue weighted by Crippen LogP contribution is -2.23. The first kappa shape index (κ1) is 19.3. The quantitative estimate of drug-likeness (QED) is 0.319. The van der Waals surface area contributed by atoms with E-state index in [-0.39, 0.29) is 24.0 Å². The number of hydrogen-bond donors (Lipinski definition) is 2. The normalized spacial score (nSPS) is 10.8. The molecule has 3 N–H and O–H groups in total. The van der Waals surface area contributed by atoms with E-state index in [0.717, 1.165) is 17.9 Å². The van der Waals surface area contributed by atoms with Gasteiger partial charge in [-0.05, 0) is 48.7 Å². The Morgan fingerprint density at radius 3 is 2.70 bits per heavy atom. The Bertz CT molecular complexity index is 644. The largest absolute Gasteiger partial charge is 0.492 e. The number of ether oxygens (including phenoxy) is 1. The van der Waals surface area contributed by atoms with Crippen LogP contribution in [0.3, 0.4) is 0 Å². The second kappa shape index (κ2) is 10.1. The van der Waals surface area contributed by atoms with Crippen LogP contribution in [0.1, 0.15) is 18.1 Å². The van der Waals surface area contributed by atoms with E-state index in [1.165, 1.54) is 11.1 Å². The predicted octanol–water partition coefficient (Wildman–Crippen LogP) is 3.98. The van der Waals surface area contributed by atoms with E-state index < -0.39 is 0 Å². The standard InChI is InChI=1S/C18H23N3O.HI/c1-3-15-7-5-8-16(13-15)21-18(19)20-10-11-22-17-9-4-6-14(2)12-17;/h4-9,12-13H,3,10-11H2,1-2H3,(H3,19,20,21);1H. The first-order valence-corrected chi connectivity index (χ1v) is 7.52. The molecule has 0 aliphatic rings. The van der Waals surface area contributed by atoms with Gasteiger partial charge in [0.05, 0.1) is 6.54 Å². The SMILES string of the molecule is CCc1cccc(NC(N)=NCCOc2cccc(C)c2)c1.I. The van der Waals surface area contributed by atoms with Gasteiger partial charge >= 0.3 is 0 Å². The van der Waals surface area contributed by atoms with Crippen molar-refractivity contribution in [3.8, 4) is 5.75 Å². The molecule has 23 heavy (non-hydrogen) atoms. The molecule has 0 fully saturated rings. The molecule has 2 aromatic rings. The van der Waals surface area contributed by atoms with Gasteiger partial charge < -0.3 is 15.8 Å². The van der Waals surface area contributed by atoms with Gasteiger partial charge in [0.15, 0.2) is 5.96 Å². The van der Waals surface area contributed by atoms with Gasteiger partial charge in [-0.1, -0.05) is 31.2 Å². The highest BCUT2D eigenvalue weighted by Crippen LogP contribution is 2.12. The fraction of sp³-hybridized carbons (Fsp3) is 0.278. The van der Waals surface area contributed by atoms with Crippen molar-refractivity contribution in [3.63, 3.8) is 0 Å². The molecule has 0 bridgehead atoms. The van der Waals surface area contributed by atoms with Gasteiger partial charge in [0.25, 0.3) is 0 Å². The van der Waals surface area contributed by atoms with Gasteiger partial charge in [-0.15, -0.1) is 24.0 Å². The molecule has 0 aliphatic heterocycles. The maximum atomic E-state index is 5.88. The van der Waals surface area contributed by atoms with Gasteiger partial charge in [-0.2, -0.15) is 0 Å². The number of aryl methyl sites for hydroxylation is 2. The highest BCUT2D eigenvalue weighted by Gasteiger charge is 1.97. The zero-order valence-electron chi connectivity index (χ0n) is 13.6. The Morgan fingerprint density at radius 2 is 1.96 bits per heavy atom. The van der Waals surface area contributed by atoms with E-state index in [2.05, 4.69) is 29.4 Å². The lowest BCUT2D eigenvalue weighted by Gasteiger charge is -2.08. The summed E-state index contributed by atoms with van der Waals surface area (Å²) in [6, 6.07) is 16.1. The first-order chi connectivity index (χ1) is 10.7. The summed E-state index contributed by atoms with van der Waals surface area (Å²) in [5.74, 6) is 1.26. The summed E-state index contributed by atoms with van der Waals surface area (Å²) in [6.45, 7) is 5.18. The summed E-state index contributed by atoms with van der Waals surface area (Å²) in [5.41, 5.74) is 9.29. The summed E-state index contributed by atoms with van der Waals surface area (Å²) in [6.07, 6.45) is 0.997. The number of hydrogen-bond acceptors (Lipinski definition) is 2. The Balaban J connectivity index is 0.00000264. The monoisotopic (exact) mass is 425 g/mol. The summed E-state index contributed by atoms with van der Waals surface area (Å²) in [4.78, 5) is 4.27. The van der Waals surface area contributed by atoms with E-state index in [0.29, 0.717) is 19.1 Å². The van der Waals surface area contributed by atoms with Gasteiger partial charge in [-0.3, -0.25) is 0 Å². The molecular weight excluding hydrogens is 401 g/mol. The van der Waals surface area contributed by atoms with Crippen molar-refractivity contribution in [2.45, 2.75) is 20.3 Å². The van der Waals surface area contributed by atoms with Crippen LogP contribution in [0.5, 0.6) is 5.75 Å². The number of guanidine groups is 1. The van der Waals surface area contributed by atoms with Crippen LogP contribution in [0.4, 0.5) is 5.69 Å². The molecule has 2 aromatic carbocycles. The van der Waals surface area contributed by atoms with Crippen LogP contribution in [0.2, 0.25) is 0 Å². The fourth-order valence-corrected chi connectivity index (χ4v) is 2.09.